The van der Waals surface area contributed by atoms with Crippen LogP contribution in [0.15, 0.2) is 23.2 Å². The molecule has 0 aliphatic carbocycles. The van der Waals surface area contributed by atoms with Gasteiger partial charge in [0.1, 0.15) is 16.7 Å². The first-order valence-electron chi connectivity index (χ1n) is 5.66. The largest absolute Gasteiger partial charge is 0.327 e. The number of nitrogens with two attached hydrogens (primary N) is 1. The van der Waals surface area contributed by atoms with Crippen molar-refractivity contribution in [1.82, 2.24) is 9.29 Å². The average Bonchev–Trinajstić information content (AvgIpc) is 2.39. The van der Waals surface area contributed by atoms with Crippen molar-refractivity contribution in [3.63, 3.8) is 0 Å². The molecule has 1 atom stereocenters. The fourth-order valence-corrected chi connectivity index (χ4v) is 3.42. The summed E-state index contributed by atoms with van der Waals surface area (Å²) >= 11 is 0. The van der Waals surface area contributed by atoms with Crippen LogP contribution >= 0.6 is 0 Å². The van der Waals surface area contributed by atoms with Crippen LogP contribution in [0.4, 0.5) is 0 Å². The molecule has 0 unspecified atom stereocenters. The van der Waals surface area contributed by atoms with Gasteiger partial charge in [0.25, 0.3) is 0 Å². The van der Waals surface area contributed by atoms with Gasteiger partial charge < -0.3 is 5.73 Å². The van der Waals surface area contributed by atoms with E-state index in [0.717, 1.165) is 12.8 Å². The van der Waals surface area contributed by atoms with Crippen molar-refractivity contribution < 1.29 is 8.42 Å². The molecule has 96 valence electrons. The lowest BCUT2D eigenvalue weighted by Crippen LogP contribution is -2.45. The summed E-state index contributed by atoms with van der Waals surface area (Å²) in [4.78, 5) is 3.89. The molecule has 0 bridgehead atoms. The molecule has 0 spiro atoms. The van der Waals surface area contributed by atoms with E-state index in [-0.39, 0.29) is 16.6 Å². The predicted octanol–water partition coefficient (Wildman–Crippen LogP) is 0.0651. The Labute approximate surface area is 106 Å². The van der Waals surface area contributed by atoms with Crippen LogP contribution < -0.4 is 5.73 Å². The molecule has 1 aromatic heterocycles. The van der Waals surface area contributed by atoms with Gasteiger partial charge in [0, 0.05) is 25.3 Å². The van der Waals surface area contributed by atoms with E-state index in [4.69, 9.17) is 11.0 Å². The molecule has 0 amide bonds. The molecular formula is C11H14N4O2S. The number of hydrogen-bond donors (Lipinski definition) is 1. The van der Waals surface area contributed by atoms with Crippen molar-refractivity contribution in [2.45, 2.75) is 23.8 Å². The highest BCUT2D eigenvalue weighted by Gasteiger charge is 2.28. The SMILES string of the molecule is N#Cc1ccc(S(=O)(=O)N2CCC[C@@H](N)C2)cn1. The van der Waals surface area contributed by atoms with Crippen LogP contribution in [0.5, 0.6) is 0 Å². The zero-order valence-corrected chi connectivity index (χ0v) is 10.6. The van der Waals surface area contributed by atoms with Crippen molar-refractivity contribution in [3.8, 4) is 6.07 Å². The number of aromatic nitrogens is 1. The summed E-state index contributed by atoms with van der Waals surface area (Å²) in [5.74, 6) is 0. The van der Waals surface area contributed by atoms with E-state index in [2.05, 4.69) is 4.98 Å². The second kappa shape index (κ2) is 5.02. The fourth-order valence-electron chi connectivity index (χ4n) is 1.94. The predicted molar refractivity (Wildman–Crippen MR) is 64.9 cm³/mol. The number of hydrogen-bond acceptors (Lipinski definition) is 5. The van der Waals surface area contributed by atoms with Gasteiger partial charge in [-0.15, -0.1) is 0 Å². The van der Waals surface area contributed by atoms with Crippen LogP contribution in [0.3, 0.4) is 0 Å². The van der Waals surface area contributed by atoms with Gasteiger partial charge in [0.05, 0.1) is 0 Å². The van der Waals surface area contributed by atoms with Crippen LogP contribution in [0.1, 0.15) is 18.5 Å². The summed E-state index contributed by atoms with van der Waals surface area (Å²) in [5, 5.41) is 8.63. The lowest BCUT2D eigenvalue weighted by molar-refractivity contribution is 0.316. The molecule has 0 saturated carbocycles. The smallest absolute Gasteiger partial charge is 0.244 e. The molecule has 0 radical (unpaired) electrons. The maximum absolute atomic E-state index is 12.3. The van der Waals surface area contributed by atoms with Crippen molar-refractivity contribution in [2.75, 3.05) is 13.1 Å². The van der Waals surface area contributed by atoms with Gasteiger partial charge >= 0.3 is 0 Å². The van der Waals surface area contributed by atoms with Crippen LogP contribution in [-0.2, 0) is 10.0 Å². The number of nitrogens with zero attached hydrogens (tertiary/aromatic N) is 3. The molecule has 0 aromatic carbocycles. The van der Waals surface area contributed by atoms with Crippen LogP contribution in [0, 0.1) is 11.3 Å². The van der Waals surface area contributed by atoms with Gasteiger partial charge in [-0.25, -0.2) is 13.4 Å². The number of nitriles is 1. The van der Waals surface area contributed by atoms with Crippen LogP contribution in [0.25, 0.3) is 0 Å². The Kier molecular flexibility index (Phi) is 3.61. The molecule has 2 N–H and O–H groups in total. The summed E-state index contributed by atoms with van der Waals surface area (Å²) in [6.45, 7) is 0.818. The molecular weight excluding hydrogens is 252 g/mol. The van der Waals surface area contributed by atoms with Gasteiger partial charge in [-0.1, -0.05) is 0 Å². The standard InChI is InChI=1S/C11H14N4O2S/c12-6-10-3-4-11(7-14-10)18(16,17)15-5-1-2-9(13)8-15/h3-4,7,9H,1-2,5,8,13H2/t9-/m1/s1. The quantitative estimate of drug-likeness (QED) is 0.816. The Morgan fingerprint density at radius 2 is 2.28 bits per heavy atom. The Balaban J connectivity index is 2.27. The molecule has 2 heterocycles. The van der Waals surface area contributed by atoms with E-state index in [1.54, 1.807) is 0 Å². The van der Waals surface area contributed by atoms with Gasteiger partial charge in [-0.05, 0) is 25.0 Å². The highest BCUT2D eigenvalue weighted by Crippen LogP contribution is 2.19. The minimum atomic E-state index is -3.54. The minimum absolute atomic E-state index is 0.107. The molecule has 2 rings (SSSR count). The molecule has 6 nitrogen and oxygen atoms in total. The third-order valence-electron chi connectivity index (χ3n) is 2.91. The monoisotopic (exact) mass is 266 g/mol. The van der Waals surface area contributed by atoms with Crippen LogP contribution in [0.2, 0.25) is 0 Å². The van der Waals surface area contributed by atoms with Gasteiger partial charge in [0.2, 0.25) is 10.0 Å². The molecule has 1 fully saturated rings. The first-order chi connectivity index (χ1) is 8.54. The Hall–Kier alpha value is -1.49. The lowest BCUT2D eigenvalue weighted by atomic mass is 10.1. The zero-order valence-electron chi connectivity index (χ0n) is 9.78. The Morgan fingerprint density at radius 3 is 2.83 bits per heavy atom. The lowest BCUT2D eigenvalue weighted by Gasteiger charge is -2.29. The molecule has 1 aliphatic heterocycles. The summed E-state index contributed by atoms with van der Waals surface area (Å²) in [6.07, 6.45) is 2.83. The Morgan fingerprint density at radius 1 is 1.50 bits per heavy atom. The van der Waals surface area contributed by atoms with Crippen LogP contribution in [-0.4, -0.2) is 36.8 Å². The number of rotatable bonds is 2. The first kappa shape index (κ1) is 13.0. The van der Waals surface area contributed by atoms with Crippen molar-refractivity contribution in [3.05, 3.63) is 24.0 Å². The number of piperidine rings is 1. The van der Waals surface area contributed by atoms with Crippen molar-refractivity contribution >= 4 is 10.0 Å². The van der Waals surface area contributed by atoms with E-state index in [1.807, 2.05) is 6.07 Å². The molecule has 7 heteroatoms. The first-order valence-corrected chi connectivity index (χ1v) is 7.10. The number of pyridine rings is 1. The van der Waals surface area contributed by atoms with Crippen molar-refractivity contribution in [1.29, 1.82) is 5.26 Å². The normalized spacial score (nSPS) is 21.4. The summed E-state index contributed by atoms with van der Waals surface area (Å²) in [5.41, 5.74) is 5.98. The highest BCUT2D eigenvalue weighted by atomic mass is 32.2. The number of sulfonamides is 1. The Bertz CT molecular complexity index is 562. The average molecular weight is 266 g/mol. The minimum Gasteiger partial charge on any atom is -0.327 e. The zero-order chi connectivity index (χ0) is 13.2. The van der Waals surface area contributed by atoms with E-state index >= 15 is 0 Å². The van der Waals surface area contributed by atoms with Gasteiger partial charge in [-0.2, -0.15) is 9.57 Å². The van der Waals surface area contributed by atoms with Gasteiger partial charge in [-0.3, -0.25) is 0 Å². The molecule has 18 heavy (non-hydrogen) atoms. The second-order valence-corrected chi connectivity index (χ2v) is 6.19. The second-order valence-electron chi connectivity index (χ2n) is 4.26. The fraction of sp³-hybridized carbons (Fsp3) is 0.455. The summed E-state index contributed by atoms with van der Waals surface area (Å²) in [7, 11) is -3.54. The third kappa shape index (κ3) is 2.51. The molecule has 1 aliphatic rings. The maximum Gasteiger partial charge on any atom is 0.244 e. The highest BCUT2D eigenvalue weighted by molar-refractivity contribution is 7.89. The summed E-state index contributed by atoms with van der Waals surface area (Å²) < 4.78 is 25.9. The van der Waals surface area contributed by atoms with Gasteiger partial charge in [0.15, 0.2) is 0 Å². The summed E-state index contributed by atoms with van der Waals surface area (Å²) in [6, 6.07) is 4.54. The van der Waals surface area contributed by atoms with E-state index < -0.39 is 10.0 Å². The van der Waals surface area contributed by atoms with E-state index in [1.165, 1.54) is 22.6 Å². The molecule has 1 saturated heterocycles. The molecule has 1 aromatic rings. The maximum atomic E-state index is 12.3. The van der Waals surface area contributed by atoms with E-state index in [0.29, 0.717) is 13.1 Å². The van der Waals surface area contributed by atoms with E-state index in [9.17, 15) is 8.42 Å². The third-order valence-corrected chi connectivity index (χ3v) is 4.76. The van der Waals surface area contributed by atoms with Crippen molar-refractivity contribution in [2.24, 2.45) is 5.73 Å². The topological polar surface area (TPSA) is 100 Å².